The van der Waals surface area contributed by atoms with Gasteiger partial charge in [0.1, 0.15) is 5.60 Å². The Morgan fingerprint density at radius 1 is 1.00 bits per heavy atom. The summed E-state index contributed by atoms with van der Waals surface area (Å²) in [6.07, 6.45) is 7.03. The van der Waals surface area contributed by atoms with Gasteiger partial charge in [0.25, 0.3) is 0 Å². The molecule has 0 heterocycles. The van der Waals surface area contributed by atoms with Gasteiger partial charge in [-0.1, -0.05) is 32.6 Å². The molecule has 0 saturated carbocycles. The lowest BCUT2D eigenvalue weighted by Crippen LogP contribution is -2.38. The Kier molecular flexibility index (Phi) is 10.5. The lowest BCUT2D eigenvalue weighted by molar-refractivity contribution is 0.0243. The molecule has 0 aromatic rings. The third-order valence-electron chi connectivity index (χ3n) is 3.02. The van der Waals surface area contributed by atoms with Crippen LogP contribution in [-0.2, 0) is 4.74 Å². The first kappa shape index (κ1) is 19.2. The molecule has 0 unspecified atom stereocenters. The number of amides is 1. The molecule has 20 heavy (non-hydrogen) atoms. The SMILES string of the molecule is CCCCCN(CCCCCCO)C(=O)OC(C)(C)C. The summed E-state index contributed by atoms with van der Waals surface area (Å²) < 4.78 is 5.46. The van der Waals surface area contributed by atoms with Crippen LogP contribution in [0.25, 0.3) is 0 Å². The maximum Gasteiger partial charge on any atom is 0.410 e. The lowest BCUT2D eigenvalue weighted by atomic mass is 10.2. The predicted octanol–water partition coefficient (Wildman–Crippen LogP) is 3.97. The number of ether oxygens (including phenoxy) is 1. The van der Waals surface area contributed by atoms with Gasteiger partial charge in [0.2, 0.25) is 0 Å². The van der Waals surface area contributed by atoms with Crippen LogP contribution in [0.15, 0.2) is 0 Å². The molecule has 1 amide bonds. The predicted molar refractivity (Wildman–Crippen MR) is 82.9 cm³/mol. The first-order chi connectivity index (χ1) is 9.40. The fourth-order valence-corrected chi connectivity index (χ4v) is 1.94. The lowest BCUT2D eigenvalue weighted by Gasteiger charge is -2.27. The summed E-state index contributed by atoms with van der Waals surface area (Å²) in [6, 6.07) is 0. The third kappa shape index (κ3) is 11.1. The minimum Gasteiger partial charge on any atom is -0.444 e. The maximum absolute atomic E-state index is 12.1. The van der Waals surface area contributed by atoms with Crippen LogP contribution in [0.2, 0.25) is 0 Å². The normalized spacial score (nSPS) is 11.4. The summed E-state index contributed by atoms with van der Waals surface area (Å²) in [5, 5.41) is 8.75. The number of carbonyl (C=O) groups is 1. The van der Waals surface area contributed by atoms with E-state index in [4.69, 9.17) is 9.84 Å². The molecular formula is C16H33NO3. The highest BCUT2D eigenvalue weighted by Gasteiger charge is 2.21. The summed E-state index contributed by atoms with van der Waals surface area (Å²) in [5.74, 6) is 0. The van der Waals surface area contributed by atoms with Crippen LogP contribution in [-0.4, -0.2) is 41.4 Å². The smallest absolute Gasteiger partial charge is 0.410 e. The Morgan fingerprint density at radius 3 is 2.05 bits per heavy atom. The molecule has 120 valence electrons. The summed E-state index contributed by atoms with van der Waals surface area (Å²) in [5.41, 5.74) is -0.434. The van der Waals surface area contributed by atoms with E-state index in [0.717, 1.165) is 58.0 Å². The molecule has 0 aliphatic rings. The molecule has 0 aromatic carbocycles. The van der Waals surface area contributed by atoms with E-state index >= 15 is 0 Å². The molecule has 0 radical (unpaired) electrons. The van der Waals surface area contributed by atoms with Gasteiger partial charge in [0.05, 0.1) is 0 Å². The summed E-state index contributed by atoms with van der Waals surface area (Å²) >= 11 is 0. The van der Waals surface area contributed by atoms with Crippen molar-refractivity contribution < 1.29 is 14.6 Å². The Labute approximate surface area is 124 Å². The van der Waals surface area contributed by atoms with Crippen LogP contribution in [0.4, 0.5) is 4.79 Å². The van der Waals surface area contributed by atoms with Gasteiger partial charge in [-0.3, -0.25) is 0 Å². The van der Waals surface area contributed by atoms with Gasteiger partial charge in [-0.15, -0.1) is 0 Å². The molecule has 0 spiro atoms. The second-order valence-electron chi connectivity index (χ2n) is 6.31. The number of nitrogens with zero attached hydrogens (tertiary/aromatic N) is 1. The van der Waals surface area contributed by atoms with Crippen molar-refractivity contribution in [3.05, 3.63) is 0 Å². The molecule has 0 fully saturated rings. The average Bonchev–Trinajstić information content (AvgIpc) is 2.34. The van der Waals surface area contributed by atoms with Crippen molar-refractivity contribution in [1.29, 1.82) is 0 Å². The Morgan fingerprint density at radius 2 is 1.55 bits per heavy atom. The van der Waals surface area contributed by atoms with E-state index in [1.54, 1.807) is 0 Å². The van der Waals surface area contributed by atoms with Crippen molar-refractivity contribution in [2.75, 3.05) is 19.7 Å². The highest BCUT2D eigenvalue weighted by Crippen LogP contribution is 2.12. The zero-order valence-corrected chi connectivity index (χ0v) is 13.8. The second-order valence-corrected chi connectivity index (χ2v) is 6.31. The molecule has 0 bridgehead atoms. The quantitative estimate of drug-likeness (QED) is 0.619. The van der Waals surface area contributed by atoms with Gasteiger partial charge in [-0.25, -0.2) is 4.79 Å². The van der Waals surface area contributed by atoms with Crippen molar-refractivity contribution >= 4 is 6.09 Å². The zero-order valence-electron chi connectivity index (χ0n) is 13.8. The molecule has 0 rings (SSSR count). The van der Waals surface area contributed by atoms with E-state index in [0.29, 0.717) is 0 Å². The molecule has 0 aromatic heterocycles. The molecule has 0 atom stereocenters. The van der Waals surface area contributed by atoms with Crippen LogP contribution in [0.5, 0.6) is 0 Å². The van der Waals surface area contributed by atoms with Crippen LogP contribution < -0.4 is 0 Å². The topological polar surface area (TPSA) is 49.8 Å². The molecular weight excluding hydrogens is 254 g/mol. The number of hydrogen-bond acceptors (Lipinski definition) is 3. The van der Waals surface area contributed by atoms with Gasteiger partial charge in [0.15, 0.2) is 0 Å². The monoisotopic (exact) mass is 287 g/mol. The largest absolute Gasteiger partial charge is 0.444 e. The maximum atomic E-state index is 12.1. The number of unbranched alkanes of at least 4 members (excludes halogenated alkanes) is 5. The Hall–Kier alpha value is -0.770. The van der Waals surface area contributed by atoms with Gasteiger partial charge >= 0.3 is 6.09 Å². The molecule has 4 nitrogen and oxygen atoms in total. The van der Waals surface area contributed by atoms with Crippen molar-refractivity contribution in [3.8, 4) is 0 Å². The second kappa shape index (κ2) is 11.0. The van der Waals surface area contributed by atoms with Crippen molar-refractivity contribution in [2.24, 2.45) is 0 Å². The average molecular weight is 287 g/mol. The Bertz CT molecular complexity index is 249. The van der Waals surface area contributed by atoms with E-state index in [1.165, 1.54) is 0 Å². The highest BCUT2D eigenvalue weighted by atomic mass is 16.6. The van der Waals surface area contributed by atoms with E-state index in [-0.39, 0.29) is 12.7 Å². The van der Waals surface area contributed by atoms with Crippen LogP contribution >= 0.6 is 0 Å². The highest BCUT2D eigenvalue weighted by molar-refractivity contribution is 5.68. The summed E-state index contributed by atoms with van der Waals surface area (Å²) in [4.78, 5) is 14.0. The number of carbonyl (C=O) groups excluding carboxylic acids is 1. The van der Waals surface area contributed by atoms with E-state index in [2.05, 4.69) is 6.92 Å². The van der Waals surface area contributed by atoms with E-state index in [1.807, 2.05) is 25.7 Å². The van der Waals surface area contributed by atoms with Crippen molar-refractivity contribution in [1.82, 2.24) is 4.90 Å². The fraction of sp³-hybridized carbons (Fsp3) is 0.938. The number of aliphatic hydroxyl groups is 1. The first-order valence-corrected chi connectivity index (χ1v) is 7.99. The molecule has 0 saturated heterocycles. The fourth-order valence-electron chi connectivity index (χ4n) is 1.94. The number of hydrogen-bond donors (Lipinski definition) is 1. The number of rotatable bonds is 10. The molecule has 0 aliphatic carbocycles. The van der Waals surface area contributed by atoms with Gasteiger partial charge in [-0.2, -0.15) is 0 Å². The van der Waals surface area contributed by atoms with Gasteiger partial charge < -0.3 is 14.7 Å². The standard InChI is InChI=1S/C16H33NO3/c1-5-6-9-12-17(13-10-7-8-11-14-18)15(19)20-16(2,3)4/h18H,5-14H2,1-4H3. The minimum atomic E-state index is -0.434. The summed E-state index contributed by atoms with van der Waals surface area (Å²) in [7, 11) is 0. The minimum absolute atomic E-state index is 0.198. The van der Waals surface area contributed by atoms with Gasteiger partial charge in [-0.05, 0) is 40.0 Å². The van der Waals surface area contributed by atoms with Crippen molar-refractivity contribution in [3.63, 3.8) is 0 Å². The summed E-state index contributed by atoms with van der Waals surface area (Å²) in [6.45, 7) is 9.65. The van der Waals surface area contributed by atoms with Crippen LogP contribution in [0, 0.1) is 0 Å². The Balaban J connectivity index is 4.15. The van der Waals surface area contributed by atoms with Crippen LogP contribution in [0.3, 0.4) is 0 Å². The molecule has 1 N–H and O–H groups in total. The van der Waals surface area contributed by atoms with Crippen LogP contribution in [0.1, 0.15) is 72.6 Å². The van der Waals surface area contributed by atoms with E-state index in [9.17, 15) is 4.79 Å². The zero-order chi connectivity index (χ0) is 15.4. The first-order valence-electron chi connectivity index (χ1n) is 7.99. The van der Waals surface area contributed by atoms with E-state index < -0.39 is 5.60 Å². The van der Waals surface area contributed by atoms with Gasteiger partial charge in [0, 0.05) is 19.7 Å². The number of aliphatic hydroxyl groups excluding tert-OH is 1. The van der Waals surface area contributed by atoms with Crippen molar-refractivity contribution in [2.45, 2.75) is 78.2 Å². The molecule has 4 heteroatoms. The molecule has 0 aliphatic heterocycles. The third-order valence-corrected chi connectivity index (χ3v) is 3.02.